The lowest BCUT2D eigenvalue weighted by molar-refractivity contribution is -0.918. The minimum absolute atomic E-state index is 0.317. The monoisotopic (exact) mass is 369 g/mol. The maximum absolute atomic E-state index is 9.45. The molecule has 1 N–H and O–H groups in total. The Bertz CT molecular complexity index is 772. The molecule has 1 fully saturated rings. The van der Waals surface area contributed by atoms with E-state index in [0.717, 1.165) is 16.5 Å². The number of aromatic nitrogens is 1. The zero-order chi connectivity index (χ0) is 18.4. The minimum Gasteiger partial charge on any atom is -0.497 e. The van der Waals surface area contributed by atoms with E-state index in [9.17, 15) is 5.26 Å². The fourth-order valence-corrected chi connectivity index (χ4v) is 4.22. The summed E-state index contributed by atoms with van der Waals surface area (Å²) in [5.41, 5.74) is 2.23. The number of nitrogens with one attached hydrogen (secondary N) is 1. The van der Waals surface area contributed by atoms with Crippen LogP contribution in [0.2, 0.25) is 0 Å². The summed E-state index contributed by atoms with van der Waals surface area (Å²) < 4.78 is 5.27. The molecule has 0 unspecified atom stereocenters. The topological polar surface area (TPSA) is 62.7 Å². The Morgan fingerprint density at radius 1 is 1.35 bits per heavy atom. The van der Waals surface area contributed by atoms with Gasteiger partial charge in [-0.1, -0.05) is 0 Å². The molecular formula is C20H25N4OS+. The van der Waals surface area contributed by atoms with Gasteiger partial charge in [-0.2, -0.15) is 5.26 Å². The van der Waals surface area contributed by atoms with Crippen molar-refractivity contribution in [2.75, 3.05) is 26.7 Å². The summed E-state index contributed by atoms with van der Waals surface area (Å²) in [4.78, 5) is 10.7. The van der Waals surface area contributed by atoms with E-state index in [1.807, 2.05) is 24.4 Å². The molecular weight excluding hydrogens is 344 g/mol. The van der Waals surface area contributed by atoms with Gasteiger partial charge >= 0.3 is 0 Å². The van der Waals surface area contributed by atoms with Crippen molar-refractivity contribution in [3.05, 3.63) is 45.9 Å². The van der Waals surface area contributed by atoms with Gasteiger partial charge < -0.3 is 9.64 Å². The van der Waals surface area contributed by atoms with Gasteiger partial charge in [-0.3, -0.25) is 4.99 Å². The second kappa shape index (κ2) is 8.93. The van der Waals surface area contributed by atoms with E-state index >= 15 is 0 Å². The highest BCUT2D eigenvalue weighted by Crippen LogP contribution is 2.20. The molecule has 1 aliphatic rings. The van der Waals surface area contributed by atoms with Crippen molar-refractivity contribution in [1.82, 2.24) is 4.98 Å². The number of likely N-dealkylation sites (tertiary alicyclic amines) is 1. The molecule has 5 nitrogen and oxygen atoms in total. The molecule has 1 saturated heterocycles. The molecule has 0 bridgehead atoms. The van der Waals surface area contributed by atoms with Crippen LogP contribution < -0.4 is 9.64 Å². The summed E-state index contributed by atoms with van der Waals surface area (Å²) in [7, 11) is 1.69. The average molecular weight is 370 g/mol. The third-order valence-corrected chi connectivity index (χ3v) is 5.89. The quantitative estimate of drug-likeness (QED) is 0.763. The van der Waals surface area contributed by atoms with E-state index in [1.165, 1.54) is 42.8 Å². The Balaban J connectivity index is 1.73. The van der Waals surface area contributed by atoms with E-state index in [-0.39, 0.29) is 5.92 Å². The number of ether oxygens (including phenoxy) is 1. The molecule has 6 heteroatoms. The van der Waals surface area contributed by atoms with Crippen molar-refractivity contribution in [2.45, 2.75) is 31.7 Å². The van der Waals surface area contributed by atoms with Gasteiger partial charge in [-0.15, -0.1) is 11.3 Å². The lowest BCUT2D eigenvalue weighted by Gasteiger charge is -2.23. The largest absolute Gasteiger partial charge is 0.497 e. The molecule has 1 aromatic heterocycles. The highest BCUT2D eigenvalue weighted by atomic mass is 32.1. The maximum atomic E-state index is 9.45. The molecule has 0 saturated carbocycles. The summed E-state index contributed by atoms with van der Waals surface area (Å²) in [6.45, 7) is 4.99. The molecule has 0 spiro atoms. The van der Waals surface area contributed by atoms with Crippen LogP contribution in [0.15, 0.2) is 34.6 Å². The molecule has 136 valence electrons. The first kappa shape index (κ1) is 18.6. The number of hydrogen-bond donors (Lipinski definition) is 1. The Hall–Kier alpha value is -2.23. The van der Waals surface area contributed by atoms with Gasteiger partial charge in [-0.25, -0.2) is 4.98 Å². The van der Waals surface area contributed by atoms with Crippen molar-refractivity contribution < 1.29 is 9.64 Å². The number of aryl methyl sites for hydroxylation is 1. The molecule has 1 aliphatic heterocycles. The number of benzene rings is 1. The number of quaternary nitrogens is 1. The number of hydrogen-bond acceptors (Lipinski definition) is 5. The maximum Gasteiger partial charge on any atom is 0.133 e. The Morgan fingerprint density at radius 2 is 2.08 bits per heavy atom. The number of rotatable bonds is 7. The summed E-state index contributed by atoms with van der Waals surface area (Å²) >= 11 is 1.52. The Morgan fingerprint density at radius 3 is 2.65 bits per heavy atom. The van der Waals surface area contributed by atoms with Crippen LogP contribution in [0.5, 0.6) is 5.75 Å². The van der Waals surface area contributed by atoms with Gasteiger partial charge in [0.15, 0.2) is 0 Å². The predicted molar refractivity (Wildman–Crippen MR) is 104 cm³/mol. The van der Waals surface area contributed by atoms with Gasteiger partial charge in [-0.05, 0) is 31.2 Å². The summed E-state index contributed by atoms with van der Waals surface area (Å²) in [5, 5.41) is 12.2. The lowest BCUT2D eigenvalue weighted by Crippen LogP contribution is -3.10. The summed E-state index contributed by atoms with van der Waals surface area (Å²) in [6, 6.07) is 10.9. The number of methoxy groups -OCH3 is 1. The van der Waals surface area contributed by atoms with Gasteiger partial charge in [0.25, 0.3) is 0 Å². The van der Waals surface area contributed by atoms with Crippen LogP contribution in [-0.2, 0) is 0 Å². The molecule has 2 aromatic rings. The van der Waals surface area contributed by atoms with Crippen LogP contribution in [0.4, 0.5) is 0 Å². The minimum atomic E-state index is -0.362. The van der Waals surface area contributed by atoms with Crippen molar-refractivity contribution in [3.8, 4) is 11.8 Å². The van der Waals surface area contributed by atoms with E-state index in [1.54, 1.807) is 18.2 Å². The first-order chi connectivity index (χ1) is 12.7. The van der Waals surface area contributed by atoms with Gasteiger partial charge in [0.05, 0.1) is 32.8 Å². The zero-order valence-electron chi connectivity index (χ0n) is 15.3. The highest BCUT2D eigenvalue weighted by molar-refractivity contribution is 7.09. The highest BCUT2D eigenvalue weighted by Gasteiger charge is 2.27. The van der Waals surface area contributed by atoms with Crippen LogP contribution in [0.25, 0.3) is 0 Å². The standard InChI is InChI=1S/C20H24N4OS/c1-15-14-26-20(23-15)17(11-21)12-22-13-19(24-9-3-4-10-24)16-5-7-18(25-2)8-6-16/h5-8,12,14,17,19H,3-4,9-10,13H2,1-2H3/p+1/t17-,19-/m0/s1. The van der Waals surface area contributed by atoms with Crippen LogP contribution in [0.1, 0.15) is 41.1 Å². The number of nitriles is 1. The molecule has 3 rings (SSSR count). The van der Waals surface area contributed by atoms with Crippen molar-refractivity contribution in [1.29, 1.82) is 5.26 Å². The number of thiazole rings is 1. The molecule has 0 amide bonds. The molecule has 2 heterocycles. The molecule has 1 aromatic carbocycles. The summed E-state index contributed by atoms with van der Waals surface area (Å²) in [6.07, 6.45) is 4.31. The molecule has 26 heavy (non-hydrogen) atoms. The van der Waals surface area contributed by atoms with E-state index in [0.29, 0.717) is 12.6 Å². The van der Waals surface area contributed by atoms with Crippen LogP contribution in [-0.4, -0.2) is 37.9 Å². The molecule has 2 atom stereocenters. The van der Waals surface area contributed by atoms with Crippen LogP contribution in [0, 0.1) is 18.3 Å². The first-order valence-corrected chi connectivity index (χ1v) is 9.89. The zero-order valence-corrected chi connectivity index (χ0v) is 16.1. The smallest absolute Gasteiger partial charge is 0.133 e. The fraction of sp³-hybridized carbons (Fsp3) is 0.450. The SMILES string of the molecule is COc1ccc([C@H](CN=C[C@H](C#N)c2nc(C)cs2)[NH+]2CCCC2)cc1. The summed E-state index contributed by atoms with van der Waals surface area (Å²) in [5.74, 6) is 0.509. The first-order valence-electron chi connectivity index (χ1n) is 9.01. The normalized spacial score (nSPS) is 17.3. The number of aliphatic imine (C=N–C) groups is 1. The molecule has 0 aliphatic carbocycles. The van der Waals surface area contributed by atoms with E-state index in [2.05, 4.69) is 28.2 Å². The van der Waals surface area contributed by atoms with E-state index < -0.39 is 0 Å². The second-order valence-electron chi connectivity index (χ2n) is 6.64. The third-order valence-electron chi connectivity index (χ3n) is 4.84. The van der Waals surface area contributed by atoms with Crippen molar-refractivity contribution in [2.24, 2.45) is 4.99 Å². The fourth-order valence-electron chi connectivity index (χ4n) is 3.42. The Labute approximate surface area is 159 Å². The van der Waals surface area contributed by atoms with Crippen molar-refractivity contribution >= 4 is 17.6 Å². The van der Waals surface area contributed by atoms with Crippen LogP contribution >= 0.6 is 11.3 Å². The third kappa shape index (κ3) is 4.48. The van der Waals surface area contributed by atoms with E-state index in [4.69, 9.17) is 4.74 Å². The van der Waals surface area contributed by atoms with Gasteiger partial charge in [0, 0.05) is 35.7 Å². The Kier molecular flexibility index (Phi) is 6.37. The van der Waals surface area contributed by atoms with Gasteiger partial charge in [0.2, 0.25) is 0 Å². The number of nitrogens with zero attached hydrogens (tertiary/aromatic N) is 3. The second-order valence-corrected chi connectivity index (χ2v) is 7.53. The van der Waals surface area contributed by atoms with Crippen molar-refractivity contribution in [3.63, 3.8) is 0 Å². The average Bonchev–Trinajstić information content (AvgIpc) is 3.34. The van der Waals surface area contributed by atoms with Gasteiger partial charge in [0.1, 0.15) is 22.7 Å². The predicted octanol–water partition coefficient (Wildman–Crippen LogP) is 2.56. The van der Waals surface area contributed by atoms with Crippen LogP contribution in [0.3, 0.4) is 0 Å². The lowest BCUT2D eigenvalue weighted by atomic mass is 10.1. The molecule has 0 radical (unpaired) electrons.